The molecule has 51 heavy (non-hydrogen) atoms. The van der Waals surface area contributed by atoms with Crippen LogP contribution < -0.4 is 4.90 Å². The molecule has 10 aromatic rings. The number of para-hydroxylation sites is 2. The van der Waals surface area contributed by atoms with Crippen LogP contribution in [0.5, 0.6) is 0 Å². The minimum absolute atomic E-state index is 0.865. The molecule has 8 aromatic carbocycles. The molecule has 240 valence electrons. The molecule has 0 bridgehead atoms. The molecule has 0 radical (unpaired) electrons. The first-order valence-corrected chi connectivity index (χ1v) is 17.2. The van der Waals surface area contributed by atoms with Gasteiger partial charge in [0, 0.05) is 27.5 Å². The number of anilines is 3. The van der Waals surface area contributed by atoms with Crippen LogP contribution in [0, 0.1) is 0 Å². The summed E-state index contributed by atoms with van der Waals surface area (Å²) in [6, 6.07) is 66.2. The first-order chi connectivity index (χ1) is 25.3. The van der Waals surface area contributed by atoms with Crippen molar-refractivity contribution >= 4 is 60.9 Å². The zero-order valence-electron chi connectivity index (χ0n) is 27.7. The molecule has 0 amide bonds. The van der Waals surface area contributed by atoms with Crippen LogP contribution in [-0.4, -0.2) is 0 Å². The Morgan fingerprint density at radius 1 is 0.294 bits per heavy atom. The fraction of sp³-hybridized carbons (Fsp3) is 0. The van der Waals surface area contributed by atoms with Gasteiger partial charge in [-0.3, -0.25) is 0 Å². The summed E-state index contributed by atoms with van der Waals surface area (Å²) in [5.41, 5.74) is 13.8. The normalized spacial score (nSPS) is 11.5. The minimum Gasteiger partial charge on any atom is -0.456 e. The largest absolute Gasteiger partial charge is 0.456 e. The maximum absolute atomic E-state index is 6.33. The van der Waals surface area contributed by atoms with E-state index >= 15 is 0 Å². The Hall–Kier alpha value is -6.84. The summed E-state index contributed by atoms with van der Waals surface area (Å²) in [6.07, 6.45) is 0. The second-order valence-corrected chi connectivity index (χ2v) is 12.9. The zero-order chi connectivity index (χ0) is 33.7. The number of hydrogen-bond acceptors (Lipinski definition) is 3. The van der Waals surface area contributed by atoms with Crippen LogP contribution in [0.25, 0.3) is 77.3 Å². The average Bonchev–Trinajstić information content (AvgIpc) is 3.77. The van der Waals surface area contributed by atoms with Gasteiger partial charge in [-0.2, -0.15) is 0 Å². The fourth-order valence-electron chi connectivity index (χ4n) is 7.37. The smallest absolute Gasteiger partial charge is 0.137 e. The van der Waals surface area contributed by atoms with Gasteiger partial charge < -0.3 is 13.7 Å². The highest BCUT2D eigenvalue weighted by atomic mass is 16.3. The second kappa shape index (κ2) is 11.9. The van der Waals surface area contributed by atoms with Gasteiger partial charge in [0.2, 0.25) is 0 Å². The molecule has 0 fully saturated rings. The lowest BCUT2D eigenvalue weighted by atomic mass is 10.00. The van der Waals surface area contributed by atoms with E-state index in [9.17, 15) is 0 Å². The van der Waals surface area contributed by atoms with E-state index in [1.165, 1.54) is 22.3 Å². The van der Waals surface area contributed by atoms with E-state index in [4.69, 9.17) is 8.83 Å². The van der Waals surface area contributed by atoms with E-state index < -0.39 is 0 Å². The summed E-state index contributed by atoms with van der Waals surface area (Å²) in [6.45, 7) is 0. The molecule has 3 heteroatoms. The number of fused-ring (bicyclic) bond motifs is 6. The molecule has 0 aliphatic rings. The Balaban J connectivity index is 1.05. The molecular weight excluding hydrogens is 623 g/mol. The van der Waals surface area contributed by atoms with Gasteiger partial charge >= 0.3 is 0 Å². The van der Waals surface area contributed by atoms with E-state index in [-0.39, 0.29) is 0 Å². The van der Waals surface area contributed by atoms with Gasteiger partial charge in [0.1, 0.15) is 22.3 Å². The third-order valence-electron chi connectivity index (χ3n) is 9.91. The second-order valence-electron chi connectivity index (χ2n) is 12.9. The number of benzene rings is 8. The quantitative estimate of drug-likeness (QED) is 0.179. The average molecular weight is 654 g/mol. The molecule has 0 saturated carbocycles. The number of nitrogens with zero attached hydrogens (tertiary/aromatic N) is 1. The lowest BCUT2D eigenvalue weighted by Crippen LogP contribution is -2.10. The monoisotopic (exact) mass is 653 g/mol. The van der Waals surface area contributed by atoms with Gasteiger partial charge in [-0.1, -0.05) is 127 Å². The van der Waals surface area contributed by atoms with Crippen molar-refractivity contribution in [3.8, 4) is 33.4 Å². The third kappa shape index (κ3) is 5.06. The van der Waals surface area contributed by atoms with Gasteiger partial charge in [-0.15, -0.1) is 0 Å². The summed E-state index contributed by atoms with van der Waals surface area (Å²) >= 11 is 0. The van der Waals surface area contributed by atoms with Gasteiger partial charge in [0.25, 0.3) is 0 Å². The van der Waals surface area contributed by atoms with Crippen LogP contribution in [0.15, 0.2) is 197 Å². The van der Waals surface area contributed by atoms with Crippen molar-refractivity contribution in [2.75, 3.05) is 4.90 Å². The van der Waals surface area contributed by atoms with Crippen LogP contribution in [0.1, 0.15) is 0 Å². The highest BCUT2D eigenvalue weighted by Gasteiger charge is 2.20. The Morgan fingerprint density at radius 3 is 1.41 bits per heavy atom. The van der Waals surface area contributed by atoms with Crippen LogP contribution in [-0.2, 0) is 0 Å². The molecule has 0 aliphatic heterocycles. The summed E-state index contributed by atoms with van der Waals surface area (Å²) in [5.74, 6) is 0. The van der Waals surface area contributed by atoms with Crippen molar-refractivity contribution in [2.24, 2.45) is 0 Å². The Morgan fingerprint density at radius 2 is 0.745 bits per heavy atom. The Labute approximate surface area is 295 Å². The summed E-state index contributed by atoms with van der Waals surface area (Å²) in [4.78, 5) is 2.33. The van der Waals surface area contributed by atoms with Gasteiger partial charge in [0.05, 0.1) is 11.1 Å². The maximum Gasteiger partial charge on any atom is 0.137 e. The number of hydrogen-bond donors (Lipinski definition) is 0. The van der Waals surface area contributed by atoms with Crippen molar-refractivity contribution in [3.63, 3.8) is 0 Å². The maximum atomic E-state index is 6.33. The number of rotatable bonds is 6. The molecule has 0 saturated heterocycles. The van der Waals surface area contributed by atoms with Gasteiger partial charge in [-0.25, -0.2) is 0 Å². The number of furan rings is 2. The molecular formula is C48H31NO2. The molecule has 0 unspecified atom stereocenters. The van der Waals surface area contributed by atoms with Crippen molar-refractivity contribution in [1.82, 2.24) is 0 Å². The van der Waals surface area contributed by atoms with E-state index in [1.807, 2.05) is 24.3 Å². The molecule has 0 atom stereocenters. The highest BCUT2D eigenvalue weighted by molar-refractivity contribution is 6.13. The van der Waals surface area contributed by atoms with Crippen molar-refractivity contribution in [1.29, 1.82) is 0 Å². The van der Waals surface area contributed by atoms with Crippen LogP contribution in [0.3, 0.4) is 0 Å². The standard InChI is InChI=1S/C48H31NO2/c1-2-9-32(10-3-1)33-17-19-34(20-18-33)35-21-26-38(27-22-35)49(43-13-8-16-46-48(43)42-12-5-7-15-45(42)50-46)39-28-23-36(24-29-39)37-25-30-41-40-11-4-6-14-44(40)51-47(41)31-37/h1-31H. The van der Waals surface area contributed by atoms with Crippen LogP contribution in [0.4, 0.5) is 17.1 Å². The van der Waals surface area contributed by atoms with Crippen molar-refractivity contribution in [2.45, 2.75) is 0 Å². The molecule has 2 heterocycles. The Kier molecular flexibility index (Phi) is 6.81. The molecule has 0 aliphatic carbocycles. The fourth-order valence-corrected chi connectivity index (χ4v) is 7.37. The predicted octanol–water partition coefficient (Wildman–Crippen LogP) is 14.0. The van der Waals surface area contributed by atoms with E-state index in [1.54, 1.807) is 0 Å². The summed E-state index contributed by atoms with van der Waals surface area (Å²) in [5, 5.41) is 4.46. The van der Waals surface area contributed by atoms with Gasteiger partial charge in [-0.05, 0) is 94.0 Å². The topological polar surface area (TPSA) is 29.5 Å². The molecule has 3 nitrogen and oxygen atoms in total. The zero-order valence-corrected chi connectivity index (χ0v) is 27.7. The predicted molar refractivity (Wildman–Crippen MR) is 212 cm³/mol. The molecule has 0 spiro atoms. The van der Waals surface area contributed by atoms with Crippen LogP contribution >= 0.6 is 0 Å². The Bertz CT molecular complexity index is 2830. The summed E-state index contributed by atoms with van der Waals surface area (Å²) in [7, 11) is 0. The molecule has 0 N–H and O–H groups in total. The minimum atomic E-state index is 0.865. The van der Waals surface area contributed by atoms with Crippen LogP contribution in [0.2, 0.25) is 0 Å². The first kappa shape index (κ1) is 29.1. The van der Waals surface area contributed by atoms with Gasteiger partial charge in [0.15, 0.2) is 0 Å². The SMILES string of the molecule is c1ccc(-c2ccc(-c3ccc(N(c4ccc(-c5ccc6c(c5)oc5ccccc56)cc4)c4cccc5oc6ccccc6c45)cc3)cc2)cc1. The van der Waals surface area contributed by atoms with Crippen molar-refractivity contribution < 1.29 is 8.83 Å². The van der Waals surface area contributed by atoms with E-state index in [0.29, 0.717) is 0 Å². The molecule has 10 rings (SSSR count). The lowest BCUT2D eigenvalue weighted by molar-refractivity contribution is 0.668. The summed E-state index contributed by atoms with van der Waals surface area (Å²) < 4.78 is 12.5. The first-order valence-electron chi connectivity index (χ1n) is 17.2. The lowest BCUT2D eigenvalue weighted by Gasteiger charge is -2.26. The highest BCUT2D eigenvalue weighted by Crippen LogP contribution is 2.44. The molecule has 2 aromatic heterocycles. The van der Waals surface area contributed by atoms with E-state index in [2.05, 4.69) is 169 Å². The van der Waals surface area contributed by atoms with E-state index in [0.717, 1.165) is 72.1 Å². The van der Waals surface area contributed by atoms with Crippen molar-refractivity contribution in [3.05, 3.63) is 188 Å². The third-order valence-corrected chi connectivity index (χ3v) is 9.91.